The van der Waals surface area contributed by atoms with Gasteiger partial charge in [0.25, 0.3) is 0 Å². The van der Waals surface area contributed by atoms with Crippen molar-refractivity contribution in [2.75, 3.05) is 5.32 Å². The van der Waals surface area contributed by atoms with E-state index in [1.165, 1.54) is 17.4 Å². The maximum atomic E-state index is 13.4. The second kappa shape index (κ2) is 5.12. The molecular weight excluding hydrogens is 315 g/mol. The van der Waals surface area contributed by atoms with E-state index < -0.39 is 0 Å². The zero-order valence-electron chi connectivity index (χ0n) is 8.01. The Balaban J connectivity index is 2.10. The smallest absolute Gasteiger partial charge is 0.147 e. The molecule has 0 bridgehead atoms. The predicted octanol–water partition coefficient (Wildman–Crippen LogP) is 4.31. The van der Waals surface area contributed by atoms with Gasteiger partial charge in [-0.25, -0.2) is 9.37 Å². The minimum atomic E-state index is -0.294. The highest BCUT2D eigenvalue weighted by molar-refractivity contribution is 9.10. The molecule has 2 nitrogen and oxygen atoms in total. The molecule has 6 heteroatoms. The molecule has 0 unspecified atom stereocenters. The molecule has 0 atom stereocenters. The van der Waals surface area contributed by atoms with Gasteiger partial charge in [-0.15, -0.1) is 11.3 Å². The van der Waals surface area contributed by atoms with Crippen molar-refractivity contribution in [3.63, 3.8) is 0 Å². The van der Waals surface area contributed by atoms with Crippen molar-refractivity contribution in [1.29, 1.82) is 0 Å². The summed E-state index contributed by atoms with van der Waals surface area (Å²) in [6, 6.07) is 4.83. The number of rotatable bonds is 3. The summed E-state index contributed by atoms with van der Waals surface area (Å²) >= 11 is 10.4. The largest absolute Gasteiger partial charge is 0.375 e. The van der Waals surface area contributed by atoms with Crippen molar-refractivity contribution < 1.29 is 4.39 Å². The second-order valence-corrected chi connectivity index (χ2v) is 5.61. The summed E-state index contributed by atoms with van der Waals surface area (Å²) in [6.07, 6.45) is 1.58. The van der Waals surface area contributed by atoms with Crippen molar-refractivity contribution in [3.05, 3.63) is 44.0 Å². The molecule has 1 aromatic carbocycles. The van der Waals surface area contributed by atoms with Gasteiger partial charge in [-0.1, -0.05) is 17.7 Å². The average molecular weight is 322 g/mol. The summed E-state index contributed by atoms with van der Waals surface area (Å²) in [4.78, 5) is 4.08. The summed E-state index contributed by atoms with van der Waals surface area (Å²) in [6.45, 7) is 0.455. The molecule has 0 saturated heterocycles. The van der Waals surface area contributed by atoms with Crippen LogP contribution in [0, 0.1) is 5.82 Å². The van der Waals surface area contributed by atoms with Crippen LogP contribution < -0.4 is 5.32 Å². The highest BCUT2D eigenvalue weighted by Gasteiger charge is 2.06. The maximum absolute atomic E-state index is 13.4. The Morgan fingerprint density at radius 3 is 2.94 bits per heavy atom. The zero-order valence-corrected chi connectivity index (χ0v) is 11.2. The van der Waals surface area contributed by atoms with E-state index in [-0.39, 0.29) is 5.82 Å². The minimum absolute atomic E-state index is 0.294. The van der Waals surface area contributed by atoms with Gasteiger partial charge in [-0.05, 0) is 28.1 Å². The third-order valence-electron chi connectivity index (χ3n) is 1.90. The fourth-order valence-electron chi connectivity index (χ4n) is 1.20. The number of halogens is 3. The summed E-state index contributed by atoms with van der Waals surface area (Å²) in [7, 11) is 0. The molecule has 0 aliphatic heterocycles. The fraction of sp³-hybridized carbons (Fsp3) is 0.100. The van der Waals surface area contributed by atoms with Gasteiger partial charge < -0.3 is 5.32 Å². The number of hydrogen-bond donors (Lipinski definition) is 1. The average Bonchev–Trinajstić information content (AvgIpc) is 2.63. The molecule has 0 aliphatic carbocycles. The topological polar surface area (TPSA) is 24.9 Å². The molecule has 1 heterocycles. The molecule has 0 radical (unpaired) electrons. The number of anilines is 1. The molecule has 0 fully saturated rings. The van der Waals surface area contributed by atoms with Crippen LogP contribution in [0.2, 0.25) is 4.34 Å². The predicted molar refractivity (Wildman–Crippen MR) is 68.6 cm³/mol. The van der Waals surface area contributed by atoms with Crippen molar-refractivity contribution in [1.82, 2.24) is 4.98 Å². The molecule has 84 valence electrons. The van der Waals surface area contributed by atoms with Crippen LogP contribution in [0.15, 0.2) is 28.9 Å². The number of aromatic nitrogens is 1. The Morgan fingerprint density at radius 1 is 1.50 bits per heavy atom. The number of thiazole rings is 1. The first-order chi connectivity index (χ1) is 7.66. The van der Waals surface area contributed by atoms with Crippen LogP contribution in [0.25, 0.3) is 0 Å². The first kappa shape index (κ1) is 11.8. The number of nitrogens with zero attached hydrogens (tertiary/aromatic N) is 1. The van der Waals surface area contributed by atoms with E-state index in [9.17, 15) is 4.39 Å². The third-order valence-corrected chi connectivity index (χ3v) is 3.68. The van der Waals surface area contributed by atoms with Gasteiger partial charge in [-0.3, -0.25) is 0 Å². The quantitative estimate of drug-likeness (QED) is 0.911. The molecule has 0 amide bonds. The Labute approximate surface area is 110 Å². The van der Waals surface area contributed by atoms with Crippen LogP contribution in [-0.2, 0) is 6.54 Å². The Morgan fingerprint density at radius 2 is 2.31 bits per heavy atom. The van der Waals surface area contributed by atoms with E-state index in [4.69, 9.17) is 11.6 Å². The summed E-state index contributed by atoms with van der Waals surface area (Å²) in [5, 5.41) is 3.80. The van der Waals surface area contributed by atoms with Crippen LogP contribution in [0.1, 0.15) is 5.01 Å². The molecule has 0 spiro atoms. The normalized spacial score (nSPS) is 10.4. The van der Waals surface area contributed by atoms with Crippen LogP contribution >= 0.6 is 38.9 Å². The number of para-hydroxylation sites is 1. The number of benzene rings is 1. The molecular formula is C10H7BrClFN2S. The lowest BCUT2D eigenvalue weighted by molar-refractivity contribution is 0.629. The number of hydrogen-bond acceptors (Lipinski definition) is 3. The van der Waals surface area contributed by atoms with Crippen molar-refractivity contribution in [3.8, 4) is 0 Å². The molecule has 1 aromatic heterocycles. The maximum Gasteiger partial charge on any atom is 0.147 e. The Hall–Kier alpha value is -0.650. The van der Waals surface area contributed by atoms with Gasteiger partial charge in [0.05, 0.1) is 18.4 Å². The zero-order chi connectivity index (χ0) is 11.5. The highest BCUT2D eigenvalue weighted by Crippen LogP contribution is 2.26. The Kier molecular flexibility index (Phi) is 3.78. The SMILES string of the molecule is Fc1cccc(Br)c1NCc1ncc(Cl)s1. The van der Waals surface area contributed by atoms with E-state index in [0.29, 0.717) is 21.0 Å². The first-order valence-electron chi connectivity index (χ1n) is 4.45. The summed E-state index contributed by atoms with van der Waals surface area (Å²) < 4.78 is 14.7. The van der Waals surface area contributed by atoms with Gasteiger partial charge in [0.2, 0.25) is 0 Å². The van der Waals surface area contributed by atoms with E-state index in [0.717, 1.165) is 5.01 Å². The van der Waals surface area contributed by atoms with Gasteiger partial charge in [0.15, 0.2) is 0 Å². The second-order valence-electron chi connectivity index (χ2n) is 3.01. The lowest BCUT2D eigenvalue weighted by atomic mass is 10.3. The number of nitrogens with one attached hydrogen (secondary N) is 1. The lowest BCUT2D eigenvalue weighted by Crippen LogP contribution is -2.01. The van der Waals surface area contributed by atoms with Gasteiger partial charge >= 0.3 is 0 Å². The van der Waals surface area contributed by atoms with Crippen LogP contribution in [-0.4, -0.2) is 4.98 Å². The van der Waals surface area contributed by atoms with E-state index >= 15 is 0 Å². The van der Waals surface area contributed by atoms with Crippen molar-refractivity contribution in [2.24, 2.45) is 0 Å². The van der Waals surface area contributed by atoms with Crippen molar-refractivity contribution >= 4 is 44.6 Å². The first-order valence-corrected chi connectivity index (χ1v) is 6.43. The third kappa shape index (κ3) is 2.72. The molecule has 16 heavy (non-hydrogen) atoms. The van der Waals surface area contributed by atoms with Crippen molar-refractivity contribution in [2.45, 2.75) is 6.54 Å². The standard InChI is InChI=1S/C10H7BrClFN2S/c11-6-2-1-3-7(13)10(6)15-5-9-14-4-8(12)16-9/h1-4,15H,5H2. The van der Waals surface area contributed by atoms with Gasteiger partial charge in [-0.2, -0.15) is 0 Å². The van der Waals surface area contributed by atoms with E-state index in [2.05, 4.69) is 26.2 Å². The summed E-state index contributed by atoms with van der Waals surface area (Å²) in [5.41, 5.74) is 0.439. The van der Waals surface area contributed by atoms with Crippen LogP contribution in [0.5, 0.6) is 0 Å². The van der Waals surface area contributed by atoms with E-state index in [1.54, 1.807) is 18.3 Å². The van der Waals surface area contributed by atoms with E-state index in [1.807, 2.05) is 0 Å². The van der Waals surface area contributed by atoms with Crippen LogP contribution in [0.4, 0.5) is 10.1 Å². The highest BCUT2D eigenvalue weighted by atomic mass is 79.9. The minimum Gasteiger partial charge on any atom is -0.375 e. The van der Waals surface area contributed by atoms with Gasteiger partial charge in [0, 0.05) is 4.47 Å². The molecule has 0 aliphatic rings. The monoisotopic (exact) mass is 320 g/mol. The summed E-state index contributed by atoms with van der Waals surface area (Å²) in [5.74, 6) is -0.294. The Bertz CT molecular complexity index is 483. The van der Waals surface area contributed by atoms with Gasteiger partial charge in [0.1, 0.15) is 15.2 Å². The fourth-order valence-corrected chi connectivity index (χ4v) is 2.58. The van der Waals surface area contributed by atoms with Crippen LogP contribution in [0.3, 0.4) is 0 Å². The lowest BCUT2D eigenvalue weighted by Gasteiger charge is -2.07. The molecule has 0 saturated carbocycles. The molecule has 2 aromatic rings. The molecule has 2 rings (SSSR count). The molecule has 1 N–H and O–H groups in total.